The lowest BCUT2D eigenvalue weighted by Gasteiger charge is -2.15. The molecule has 0 N–H and O–H groups in total. The summed E-state index contributed by atoms with van der Waals surface area (Å²) in [7, 11) is 3.27. The van der Waals surface area contributed by atoms with E-state index in [1.807, 2.05) is 19.1 Å². The molecule has 0 aromatic carbocycles. The van der Waals surface area contributed by atoms with Crippen molar-refractivity contribution in [2.24, 2.45) is 7.05 Å². The van der Waals surface area contributed by atoms with E-state index in [2.05, 4.69) is 10.1 Å². The van der Waals surface area contributed by atoms with Crippen LogP contribution in [0.1, 0.15) is 21.8 Å². The van der Waals surface area contributed by atoms with Crippen LogP contribution >= 0.6 is 0 Å². The smallest absolute Gasteiger partial charge is 0.263 e. The van der Waals surface area contributed by atoms with Gasteiger partial charge in [0.15, 0.2) is 5.76 Å². The number of aromatic nitrogens is 3. The molecule has 0 aliphatic heterocycles. The zero-order valence-corrected chi connectivity index (χ0v) is 14.3. The number of nitrogens with zero attached hydrogens (tertiary/aromatic N) is 4. The van der Waals surface area contributed by atoms with Crippen LogP contribution < -0.4 is 5.56 Å². The molecule has 0 saturated heterocycles. The van der Waals surface area contributed by atoms with Gasteiger partial charge in [0.1, 0.15) is 11.3 Å². The van der Waals surface area contributed by atoms with E-state index in [0.717, 1.165) is 11.3 Å². The van der Waals surface area contributed by atoms with Gasteiger partial charge in [0, 0.05) is 43.8 Å². The van der Waals surface area contributed by atoms with Crippen LogP contribution in [0.5, 0.6) is 0 Å². The van der Waals surface area contributed by atoms with Gasteiger partial charge in [0.25, 0.3) is 11.5 Å². The molecule has 3 rings (SSSR count). The first-order chi connectivity index (χ1) is 12.0. The summed E-state index contributed by atoms with van der Waals surface area (Å²) < 4.78 is 6.76. The van der Waals surface area contributed by atoms with E-state index in [4.69, 9.17) is 4.52 Å². The molecule has 0 unspecified atom stereocenters. The number of rotatable bonds is 4. The van der Waals surface area contributed by atoms with E-state index in [1.165, 1.54) is 9.47 Å². The summed E-state index contributed by atoms with van der Waals surface area (Å²) in [5.74, 6) is 0.175. The van der Waals surface area contributed by atoms with Crippen molar-refractivity contribution in [3.05, 3.63) is 70.1 Å². The molecule has 3 aromatic heterocycles. The van der Waals surface area contributed by atoms with Crippen molar-refractivity contribution in [2.75, 3.05) is 7.05 Å². The van der Waals surface area contributed by atoms with E-state index in [9.17, 15) is 9.59 Å². The van der Waals surface area contributed by atoms with E-state index in [-0.39, 0.29) is 23.6 Å². The lowest BCUT2D eigenvalue weighted by atomic mass is 10.2. The van der Waals surface area contributed by atoms with Crippen molar-refractivity contribution >= 4 is 5.91 Å². The standard InChI is InChI=1S/C18H18N4O3/c1-12-4-5-15(18(24)22(12)3)17(23)21(2)11-14-10-16(20-25-14)13-6-8-19-9-7-13/h4-10H,11H2,1-3H3. The fourth-order valence-corrected chi connectivity index (χ4v) is 2.45. The van der Waals surface area contributed by atoms with Crippen molar-refractivity contribution in [3.8, 4) is 11.3 Å². The third kappa shape index (κ3) is 3.35. The number of aryl methyl sites for hydroxylation is 1. The first kappa shape index (κ1) is 16.6. The molecule has 25 heavy (non-hydrogen) atoms. The zero-order chi connectivity index (χ0) is 18.0. The molecule has 0 atom stereocenters. The van der Waals surface area contributed by atoms with Crippen molar-refractivity contribution in [1.82, 2.24) is 19.6 Å². The summed E-state index contributed by atoms with van der Waals surface area (Å²) in [6.07, 6.45) is 3.35. The quantitative estimate of drug-likeness (QED) is 0.727. The van der Waals surface area contributed by atoms with Crippen LogP contribution in [0.15, 0.2) is 52.0 Å². The Labute approximate surface area is 144 Å². The van der Waals surface area contributed by atoms with Crippen molar-refractivity contribution in [2.45, 2.75) is 13.5 Å². The second-order valence-electron chi connectivity index (χ2n) is 5.83. The van der Waals surface area contributed by atoms with Crippen LogP contribution in [0.3, 0.4) is 0 Å². The summed E-state index contributed by atoms with van der Waals surface area (Å²) in [4.78, 5) is 30.2. The number of hydrogen-bond donors (Lipinski definition) is 0. The lowest BCUT2D eigenvalue weighted by molar-refractivity contribution is 0.0770. The number of carbonyl (C=O) groups is 1. The van der Waals surface area contributed by atoms with Gasteiger partial charge in [-0.05, 0) is 31.2 Å². The maximum atomic E-state index is 12.6. The molecule has 0 aliphatic carbocycles. The molecule has 0 saturated carbocycles. The van der Waals surface area contributed by atoms with Gasteiger partial charge in [0.05, 0.1) is 6.54 Å². The fourth-order valence-electron chi connectivity index (χ4n) is 2.45. The topological polar surface area (TPSA) is 81.2 Å². The Morgan fingerprint density at radius 1 is 1.24 bits per heavy atom. The molecule has 7 nitrogen and oxygen atoms in total. The number of pyridine rings is 2. The van der Waals surface area contributed by atoms with E-state index in [0.29, 0.717) is 11.5 Å². The zero-order valence-electron chi connectivity index (χ0n) is 14.3. The Bertz CT molecular complexity index is 960. The second-order valence-corrected chi connectivity index (χ2v) is 5.83. The maximum Gasteiger partial charge on any atom is 0.263 e. The summed E-state index contributed by atoms with van der Waals surface area (Å²) in [5, 5.41) is 4.01. The van der Waals surface area contributed by atoms with Gasteiger partial charge < -0.3 is 14.0 Å². The Morgan fingerprint density at radius 2 is 1.96 bits per heavy atom. The SMILES string of the molecule is Cc1ccc(C(=O)N(C)Cc2cc(-c3ccncc3)no2)c(=O)n1C. The highest BCUT2D eigenvalue weighted by molar-refractivity contribution is 5.93. The summed E-state index contributed by atoms with van der Waals surface area (Å²) in [6.45, 7) is 2.03. The minimum Gasteiger partial charge on any atom is -0.359 e. The molecule has 128 valence electrons. The Morgan fingerprint density at radius 3 is 2.68 bits per heavy atom. The molecule has 0 fully saturated rings. The molecule has 0 spiro atoms. The highest BCUT2D eigenvalue weighted by atomic mass is 16.5. The first-order valence-corrected chi connectivity index (χ1v) is 7.75. The van der Waals surface area contributed by atoms with Crippen LogP contribution in [0.2, 0.25) is 0 Å². The Hall–Kier alpha value is -3.22. The molecule has 3 aromatic rings. The van der Waals surface area contributed by atoms with Gasteiger partial charge in [-0.2, -0.15) is 0 Å². The first-order valence-electron chi connectivity index (χ1n) is 7.75. The Balaban J connectivity index is 1.78. The highest BCUT2D eigenvalue weighted by Crippen LogP contribution is 2.19. The predicted molar refractivity (Wildman–Crippen MR) is 92.0 cm³/mol. The highest BCUT2D eigenvalue weighted by Gasteiger charge is 2.18. The monoisotopic (exact) mass is 338 g/mol. The number of amides is 1. The summed E-state index contributed by atoms with van der Waals surface area (Å²) in [5.41, 5.74) is 2.16. The molecule has 0 aliphatic rings. The Kier molecular flexibility index (Phi) is 4.47. The minimum atomic E-state index is -0.359. The molecule has 3 heterocycles. The van der Waals surface area contributed by atoms with E-state index in [1.54, 1.807) is 44.7 Å². The molecule has 0 radical (unpaired) electrons. The average molecular weight is 338 g/mol. The molecular formula is C18H18N4O3. The molecule has 1 amide bonds. The number of carbonyl (C=O) groups excluding carboxylic acids is 1. The molecule has 0 bridgehead atoms. The fraction of sp³-hybridized carbons (Fsp3) is 0.222. The number of hydrogen-bond acceptors (Lipinski definition) is 5. The van der Waals surface area contributed by atoms with Crippen LogP contribution in [0, 0.1) is 6.92 Å². The van der Waals surface area contributed by atoms with E-state index >= 15 is 0 Å². The summed E-state index contributed by atoms with van der Waals surface area (Å²) >= 11 is 0. The van der Waals surface area contributed by atoms with E-state index < -0.39 is 0 Å². The third-order valence-electron chi connectivity index (χ3n) is 4.06. The van der Waals surface area contributed by atoms with Gasteiger partial charge in [-0.1, -0.05) is 5.16 Å². The van der Waals surface area contributed by atoms with Gasteiger partial charge in [-0.25, -0.2) is 0 Å². The van der Waals surface area contributed by atoms with Crippen LogP contribution in [-0.2, 0) is 13.6 Å². The predicted octanol–water partition coefficient (Wildman–Crippen LogP) is 2.02. The van der Waals surface area contributed by atoms with Gasteiger partial charge in [-0.15, -0.1) is 0 Å². The molecular weight excluding hydrogens is 320 g/mol. The van der Waals surface area contributed by atoms with Crippen LogP contribution in [-0.4, -0.2) is 32.6 Å². The van der Waals surface area contributed by atoms with Crippen molar-refractivity contribution in [1.29, 1.82) is 0 Å². The lowest BCUT2D eigenvalue weighted by Crippen LogP contribution is -2.33. The second kappa shape index (κ2) is 6.72. The average Bonchev–Trinajstić information content (AvgIpc) is 3.08. The third-order valence-corrected chi connectivity index (χ3v) is 4.06. The van der Waals surface area contributed by atoms with Crippen LogP contribution in [0.25, 0.3) is 11.3 Å². The normalized spacial score (nSPS) is 10.7. The van der Waals surface area contributed by atoms with Gasteiger partial charge in [0.2, 0.25) is 0 Å². The largest absolute Gasteiger partial charge is 0.359 e. The van der Waals surface area contributed by atoms with Gasteiger partial charge in [-0.3, -0.25) is 14.6 Å². The van der Waals surface area contributed by atoms with Gasteiger partial charge >= 0.3 is 0 Å². The maximum absolute atomic E-state index is 12.6. The minimum absolute atomic E-state index is 0.129. The molecule has 7 heteroatoms. The van der Waals surface area contributed by atoms with Crippen LogP contribution in [0.4, 0.5) is 0 Å². The summed E-state index contributed by atoms with van der Waals surface area (Å²) in [6, 6.07) is 8.73. The van der Waals surface area contributed by atoms with Crippen molar-refractivity contribution in [3.63, 3.8) is 0 Å². The van der Waals surface area contributed by atoms with Crippen molar-refractivity contribution < 1.29 is 9.32 Å².